The van der Waals surface area contributed by atoms with Crippen LogP contribution in [-0.2, 0) is 17.8 Å². The average molecular weight is 345 g/mol. The second-order valence-electron chi connectivity index (χ2n) is 6.95. The fraction of sp³-hybridized carbons (Fsp3) is 0.286. The number of nitriles is 1. The predicted octanol–water partition coefficient (Wildman–Crippen LogP) is 3.77. The monoisotopic (exact) mass is 345 g/mol. The summed E-state index contributed by atoms with van der Waals surface area (Å²) in [6, 6.07) is 13.8. The van der Waals surface area contributed by atoms with Gasteiger partial charge in [-0.15, -0.1) is 0 Å². The minimum Gasteiger partial charge on any atom is -0.481 e. The van der Waals surface area contributed by atoms with Gasteiger partial charge >= 0.3 is 5.97 Å². The Kier molecular flexibility index (Phi) is 3.96. The van der Waals surface area contributed by atoms with Crippen molar-refractivity contribution in [2.24, 2.45) is 0 Å². The highest BCUT2D eigenvalue weighted by molar-refractivity contribution is 5.85. The Hall–Kier alpha value is -3.13. The number of hydrogen-bond acceptors (Lipinski definition) is 3. The lowest BCUT2D eigenvalue weighted by atomic mass is 10.0. The summed E-state index contributed by atoms with van der Waals surface area (Å²) in [5.41, 5.74) is 5.47. The summed E-state index contributed by atoms with van der Waals surface area (Å²) in [7, 11) is 0. The summed E-state index contributed by atoms with van der Waals surface area (Å²) < 4.78 is 1.93. The van der Waals surface area contributed by atoms with Gasteiger partial charge in [-0.25, -0.2) is 0 Å². The van der Waals surface area contributed by atoms with E-state index in [0.717, 1.165) is 46.1 Å². The molecule has 4 rings (SSSR count). The molecule has 1 aliphatic carbocycles. The highest BCUT2D eigenvalue weighted by atomic mass is 16.4. The van der Waals surface area contributed by atoms with Gasteiger partial charge in [0.05, 0.1) is 35.8 Å². The molecule has 0 saturated heterocycles. The van der Waals surface area contributed by atoms with Crippen LogP contribution in [0.4, 0.5) is 0 Å². The normalized spacial score (nSPS) is 13.7. The minimum absolute atomic E-state index is 0.00626. The first-order valence-corrected chi connectivity index (χ1v) is 8.76. The first-order chi connectivity index (χ1) is 12.6. The topological polar surface area (TPSA) is 78.9 Å². The van der Waals surface area contributed by atoms with E-state index in [-0.39, 0.29) is 6.42 Å². The molecule has 0 atom stereocenters. The summed E-state index contributed by atoms with van der Waals surface area (Å²) in [6.45, 7) is 2.51. The number of carbonyl (C=O) groups is 1. The Morgan fingerprint density at radius 2 is 2.15 bits per heavy atom. The van der Waals surface area contributed by atoms with E-state index in [0.29, 0.717) is 18.0 Å². The molecule has 0 unspecified atom stereocenters. The Labute approximate surface area is 151 Å². The molecule has 0 bridgehead atoms. The second kappa shape index (κ2) is 6.30. The zero-order chi connectivity index (χ0) is 18.3. The molecule has 0 radical (unpaired) electrons. The van der Waals surface area contributed by atoms with E-state index in [4.69, 9.17) is 10.2 Å². The van der Waals surface area contributed by atoms with E-state index in [1.165, 1.54) is 0 Å². The SMILES string of the molecule is Cc1cccc(C#N)c1Cn1nc(C2CC2)c2ccc(CC(=O)O)cc21. The van der Waals surface area contributed by atoms with Gasteiger partial charge in [0.15, 0.2) is 0 Å². The van der Waals surface area contributed by atoms with Crippen LogP contribution in [0, 0.1) is 18.3 Å². The lowest BCUT2D eigenvalue weighted by molar-refractivity contribution is -0.136. The van der Waals surface area contributed by atoms with Crippen molar-refractivity contribution in [2.75, 3.05) is 0 Å². The number of carboxylic acid groups (broad SMARTS) is 1. The number of benzene rings is 2. The lowest BCUT2D eigenvalue weighted by Crippen LogP contribution is -2.06. The molecule has 0 aliphatic heterocycles. The summed E-state index contributed by atoms with van der Waals surface area (Å²) in [5.74, 6) is -0.347. The number of aromatic nitrogens is 2. The zero-order valence-electron chi connectivity index (χ0n) is 14.6. The zero-order valence-corrected chi connectivity index (χ0v) is 14.6. The highest BCUT2D eigenvalue weighted by Gasteiger charge is 2.29. The van der Waals surface area contributed by atoms with Gasteiger partial charge < -0.3 is 5.11 Å². The van der Waals surface area contributed by atoms with E-state index in [2.05, 4.69) is 6.07 Å². The molecule has 1 fully saturated rings. The molecule has 1 saturated carbocycles. The number of aryl methyl sites for hydroxylation is 1. The number of hydrogen-bond donors (Lipinski definition) is 1. The van der Waals surface area contributed by atoms with Crippen molar-refractivity contribution in [2.45, 2.75) is 38.6 Å². The standard InChI is InChI=1S/C21H19N3O2/c1-13-3-2-4-16(11-22)18(13)12-24-19-9-14(10-20(25)26)5-8-17(19)21(23-24)15-6-7-15/h2-5,8-9,15H,6-7,10,12H2,1H3,(H,25,26). The van der Waals surface area contributed by atoms with Gasteiger partial charge in [-0.3, -0.25) is 9.48 Å². The van der Waals surface area contributed by atoms with Crippen LogP contribution < -0.4 is 0 Å². The van der Waals surface area contributed by atoms with E-state index in [9.17, 15) is 10.1 Å². The molecule has 5 nitrogen and oxygen atoms in total. The van der Waals surface area contributed by atoms with Gasteiger partial charge in [-0.1, -0.05) is 24.3 Å². The predicted molar refractivity (Wildman–Crippen MR) is 98.0 cm³/mol. The third kappa shape index (κ3) is 2.95. The van der Waals surface area contributed by atoms with Crippen LogP contribution in [0.1, 0.15) is 46.7 Å². The van der Waals surface area contributed by atoms with Gasteiger partial charge in [-0.05, 0) is 48.6 Å². The molecule has 1 N–H and O–H groups in total. The second-order valence-corrected chi connectivity index (χ2v) is 6.95. The van der Waals surface area contributed by atoms with Crippen LogP contribution in [0.3, 0.4) is 0 Å². The molecular formula is C21H19N3O2. The third-order valence-electron chi connectivity index (χ3n) is 5.00. The molecule has 2 aromatic carbocycles. The number of carboxylic acids is 1. The van der Waals surface area contributed by atoms with E-state index in [1.54, 1.807) is 0 Å². The molecule has 0 spiro atoms. The van der Waals surface area contributed by atoms with Gasteiger partial charge in [0, 0.05) is 11.3 Å². The fourth-order valence-corrected chi connectivity index (χ4v) is 3.48. The van der Waals surface area contributed by atoms with Crippen molar-refractivity contribution in [1.82, 2.24) is 9.78 Å². The molecule has 1 aliphatic rings. The van der Waals surface area contributed by atoms with Crippen LogP contribution >= 0.6 is 0 Å². The summed E-state index contributed by atoms with van der Waals surface area (Å²) >= 11 is 0. The van der Waals surface area contributed by atoms with Gasteiger partial charge in [0.2, 0.25) is 0 Å². The van der Waals surface area contributed by atoms with Crippen molar-refractivity contribution in [3.8, 4) is 6.07 Å². The molecular weight excluding hydrogens is 326 g/mol. The maximum Gasteiger partial charge on any atom is 0.307 e. The van der Waals surface area contributed by atoms with Crippen molar-refractivity contribution in [1.29, 1.82) is 5.26 Å². The van der Waals surface area contributed by atoms with Crippen molar-refractivity contribution >= 4 is 16.9 Å². The van der Waals surface area contributed by atoms with Crippen LogP contribution in [0.25, 0.3) is 10.9 Å². The van der Waals surface area contributed by atoms with Crippen molar-refractivity contribution < 1.29 is 9.90 Å². The molecule has 130 valence electrons. The van der Waals surface area contributed by atoms with Crippen LogP contribution in [-0.4, -0.2) is 20.9 Å². The quantitative estimate of drug-likeness (QED) is 0.763. The lowest BCUT2D eigenvalue weighted by Gasteiger charge is -2.09. The highest BCUT2D eigenvalue weighted by Crippen LogP contribution is 2.42. The number of aliphatic carboxylic acids is 1. The number of nitrogens with zero attached hydrogens (tertiary/aromatic N) is 3. The maximum absolute atomic E-state index is 11.1. The largest absolute Gasteiger partial charge is 0.481 e. The smallest absolute Gasteiger partial charge is 0.307 e. The number of fused-ring (bicyclic) bond motifs is 1. The molecule has 3 aromatic rings. The molecule has 0 amide bonds. The summed E-state index contributed by atoms with van der Waals surface area (Å²) in [4.78, 5) is 11.1. The van der Waals surface area contributed by atoms with E-state index in [1.807, 2.05) is 48.0 Å². The first kappa shape index (κ1) is 16.3. The van der Waals surface area contributed by atoms with Crippen molar-refractivity contribution in [3.63, 3.8) is 0 Å². The molecule has 1 heterocycles. The van der Waals surface area contributed by atoms with Crippen molar-refractivity contribution in [3.05, 3.63) is 64.3 Å². The van der Waals surface area contributed by atoms with Crippen LogP contribution in [0.2, 0.25) is 0 Å². The molecule has 26 heavy (non-hydrogen) atoms. The first-order valence-electron chi connectivity index (χ1n) is 8.76. The van der Waals surface area contributed by atoms with Gasteiger partial charge in [0.25, 0.3) is 0 Å². The Morgan fingerprint density at radius 1 is 1.35 bits per heavy atom. The Morgan fingerprint density at radius 3 is 2.85 bits per heavy atom. The molecule has 1 aromatic heterocycles. The van der Waals surface area contributed by atoms with Crippen LogP contribution in [0.5, 0.6) is 0 Å². The maximum atomic E-state index is 11.1. The average Bonchev–Trinajstić information content (AvgIpc) is 3.39. The van der Waals surface area contributed by atoms with E-state index < -0.39 is 5.97 Å². The third-order valence-corrected chi connectivity index (χ3v) is 5.00. The van der Waals surface area contributed by atoms with Gasteiger partial charge in [0.1, 0.15) is 0 Å². The number of rotatable bonds is 5. The van der Waals surface area contributed by atoms with Crippen LogP contribution in [0.15, 0.2) is 36.4 Å². The van der Waals surface area contributed by atoms with Gasteiger partial charge in [-0.2, -0.15) is 10.4 Å². The molecule has 5 heteroatoms. The minimum atomic E-state index is -0.844. The summed E-state index contributed by atoms with van der Waals surface area (Å²) in [6.07, 6.45) is 2.29. The Bertz CT molecular complexity index is 1060. The summed E-state index contributed by atoms with van der Waals surface area (Å²) in [5, 5.41) is 24.5. The van der Waals surface area contributed by atoms with E-state index >= 15 is 0 Å². The Balaban J connectivity index is 1.84. The fourth-order valence-electron chi connectivity index (χ4n) is 3.48.